The van der Waals surface area contributed by atoms with Crippen LogP contribution in [-0.2, 0) is 4.79 Å². The lowest BCUT2D eigenvalue weighted by atomic mass is 9.79. The fourth-order valence-electron chi connectivity index (χ4n) is 3.00. The fraction of sp³-hybridized carbons (Fsp3) is 0.929. The van der Waals surface area contributed by atoms with Gasteiger partial charge in [-0.1, -0.05) is 20.3 Å². The van der Waals surface area contributed by atoms with Crippen LogP contribution in [0.25, 0.3) is 0 Å². The summed E-state index contributed by atoms with van der Waals surface area (Å²) in [6.07, 6.45) is 6.25. The molecule has 1 amide bonds. The lowest BCUT2D eigenvalue weighted by Gasteiger charge is -2.35. The van der Waals surface area contributed by atoms with E-state index in [1.54, 1.807) is 0 Å². The predicted molar refractivity (Wildman–Crippen MR) is 69.7 cm³/mol. The van der Waals surface area contributed by atoms with Crippen LogP contribution in [0.2, 0.25) is 0 Å². The van der Waals surface area contributed by atoms with E-state index in [0.29, 0.717) is 12.0 Å². The average Bonchev–Trinajstić information content (AvgIpc) is 3.11. The van der Waals surface area contributed by atoms with Gasteiger partial charge >= 0.3 is 0 Å². The van der Waals surface area contributed by atoms with E-state index in [1.807, 2.05) is 0 Å². The van der Waals surface area contributed by atoms with Crippen molar-refractivity contribution in [3.63, 3.8) is 0 Å². The number of amides is 1. The summed E-state index contributed by atoms with van der Waals surface area (Å²) in [7, 11) is 0. The van der Waals surface area contributed by atoms with Crippen LogP contribution in [0.15, 0.2) is 0 Å². The van der Waals surface area contributed by atoms with Gasteiger partial charge in [-0.05, 0) is 37.5 Å². The van der Waals surface area contributed by atoms with Gasteiger partial charge in [-0.2, -0.15) is 0 Å². The molecule has 2 aliphatic rings. The summed E-state index contributed by atoms with van der Waals surface area (Å²) in [5.74, 6) is 2.15. The number of hydrogen-bond acceptors (Lipinski definition) is 2. The molecule has 2 aliphatic carbocycles. The van der Waals surface area contributed by atoms with Crippen molar-refractivity contribution in [2.75, 3.05) is 13.1 Å². The van der Waals surface area contributed by atoms with Crippen molar-refractivity contribution >= 4 is 5.91 Å². The lowest BCUT2D eigenvalue weighted by molar-refractivity contribution is -0.122. The molecule has 0 saturated heterocycles. The zero-order chi connectivity index (χ0) is 12.3. The number of nitrogens with one attached hydrogen (secondary N) is 2. The van der Waals surface area contributed by atoms with Crippen LogP contribution in [-0.4, -0.2) is 25.0 Å². The van der Waals surface area contributed by atoms with Gasteiger partial charge in [-0.3, -0.25) is 4.79 Å². The van der Waals surface area contributed by atoms with Gasteiger partial charge in [0.15, 0.2) is 0 Å². The standard InChI is InChI=1S/C14H26N2O/c1-10-4-3-5-11(2)13(10)15-8-9-16-14(17)12-6-7-12/h10-13,15H,3-9H2,1-2H3,(H,16,17). The Hall–Kier alpha value is -0.570. The molecular formula is C14H26N2O. The first-order valence-corrected chi connectivity index (χ1v) is 7.19. The van der Waals surface area contributed by atoms with Crippen LogP contribution < -0.4 is 10.6 Å². The van der Waals surface area contributed by atoms with Crippen molar-refractivity contribution in [3.8, 4) is 0 Å². The lowest BCUT2D eigenvalue weighted by Crippen LogP contribution is -2.45. The van der Waals surface area contributed by atoms with Crippen LogP contribution in [0, 0.1) is 17.8 Å². The molecule has 3 heteroatoms. The summed E-state index contributed by atoms with van der Waals surface area (Å²) in [6.45, 7) is 6.38. The first kappa shape index (κ1) is 12.9. The molecule has 2 atom stereocenters. The fourth-order valence-corrected chi connectivity index (χ4v) is 3.00. The molecule has 3 nitrogen and oxygen atoms in total. The topological polar surface area (TPSA) is 41.1 Å². The van der Waals surface area contributed by atoms with Gasteiger partial charge in [0.1, 0.15) is 0 Å². The van der Waals surface area contributed by atoms with Crippen LogP contribution >= 0.6 is 0 Å². The second-order valence-corrected chi connectivity index (χ2v) is 5.93. The van der Waals surface area contributed by atoms with Gasteiger partial charge in [0.25, 0.3) is 0 Å². The van der Waals surface area contributed by atoms with Crippen LogP contribution in [0.1, 0.15) is 46.0 Å². The Morgan fingerprint density at radius 2 is 1.71 bits per heavy atom. The number of carbonyl (C=O) groups is 1. The Balaban J connectivity index is 1.61. The van der Waals surface area contributed by atoms with Gasteiger partial charge in [-0.25, -0.2) is 0 Å². The average molecular weight is 238 g/mol. The molecular weight excluding hydrogens is 212 g/mol. The second-order valence-electron chi connectivity index (χ2n) is 5.93. The molecule has 0 spiro atoms. The molecule has 2 unspecified atom stereocenters. The zero-order valence-corrected chi connectivity index (χ0v) is 11.2. The van der Waals surface area contributed by atoms with E-state index in [0.717, 1.165) is 37.8 Å². The van der Waals surface area contributed by atoms with Crippen LogP contribution in [0.4, 0.5) is 0 Å². The van der Waals surface area contributed by atoms with Crippen LogP contribution in [0.3, 0.4) is 0 Å². The molecule has 0 aromatic rings. The molecule has 98 valence electrons. The molecule has 0 aromatic heterocycles. The van der Waals surface area contributed by atoms with Crippen molar-refractivity contribution in [2.45, 2.75) is 52.0 Å². The minimum atomic E-state index is 0.261. The Morgan fingerprint density at radius 1 is 1.06 bits per heavy atom. The van der Waals surface area contributed by atoms with Crippen molar-refractivity contribution < 1.29 is 4.79 Å². The molecule has 0 heterocycles. The second kappa shape index (κ2) is 5.85. The van der Waals surface area contributed by atoms with E-state index in [9.17, 15) is 4.79 Å². The van der Waals surface area contributed by atoms with E-state index >= 15 is 0 Å². The summed E-state index contributed by atoms with van der Waals surface area (Å²) >= 11 is 0. The normalized spacial score (nSPS) is 33.4. The monoisotopic (exact) mass is 238 g/mol. The first-order valence-electron chi connectivity index (χ1n) is 7.19. The number of hydrogen-bond donors (Lipinski definition) is 2. The molecule has 0 aliphatic heterocycles. The zero-order valence-electron chi connectivity index (χ0n) is 11.2. The smallest absolute Gasteiger partial charge is 0.223 e. The van der Waals surface area contributed by atoms with E-state index < -0.39 is 0 Å². The Bertz CT molecular complexity index is 253. The highest BCUT2D eigenvalue weighted by Gasteiger charge is 2.29. The van der Waals surface area contributed by atoms with Crippen molar-refractivity contribution in [2.24, 2.45) is 17.8 Å². The summed E-state index contributed by atoms with van der Waals surface area (Å²) < 4.78 is 0. The van der Waals surface area contributed by atoms with Crippen molar-refractivity contribution in [1.82, 2.24) is 10.6 Å². The molecule has 17 heavy (non-hydrogen) atoms. The van der Waals surface area contributed by atoms with E-state index in [2.05, 4.69) is 24.5 Å². The summed E-state index contributed by atoms with van der Waals surface area (Å²) in [6, 6.07) is 0.640. The highest BCUT2D eigenvalue weighted by molar-refractivity contribution is 5.80. The van der Waals surface area contributed by atoms with E-state index in [4.69, 9.17) is 0 Å². The molecule has 2 N–H and O–H groups in total. The summed E-state index contributed by atoms with van der Waals surface area (Å²) in [5, 5.41) is 6.63. The molecule has 2 saturated carbocycles. The van der Waals surface area contributed by atoms with Gasteiger partial charge in [-0.15, -0.1) is 0 Å². The molecule has 2 fully saturated rings. The number of rotatable bonds is 5. The minimum absolute atomic E-state index is 0.261. The van der Waals surface area contributed by atoms with Gasteiger partial charge in [0, 0.05) is 25.0 Å². The third-order valence-corrected chi connectivity index (χ3v) is 4.30. The van der Waals surface area contributed by atoms with E-state index in [1.165, 1.54) is 19.3 Å². The van der Waals surface area contributed by atoms with Gasteiger partial charge < -0.3 is 10.6 Å². The maximum Gasteiger partial charge on any atom is 0.223 e. The van der Waals surface area contributed by atoms with E-state index in [-0.39, 0.29) is 5.91 Å². The minimum Gasteiger partial charge on any atom is -0.355 e. The highest BCUT2D eigenvalue weighted by atomic mass is 16.2. The summed E-state index contributed by atoms with van der Waals surface area (Å²) in [4.78, 5) is 11.4. The Labute approximate surface area is 105 Å². The molecule has 0 bridgehead atoms. The molecule has 0 aromatic carbocycles. The van der Waals surface area contributed by atoms with Crippen molar-refractivity contribution in [1.29, 1.82) is 0 Å². The first-order chi connectivity index (χ1) is 8.18. The quantitative estimate of drug-likeness (QED) is 0.719. The maximum atomic E-state index is 11.4. The van der Waals surface area contributed by atoms with Crippen molar-refractivity contribution in [3.05, 3.63) is 0 Å². The van der Waals surface area contributed by atoms with Gasteiger partial charge in [0.05, 0.1) is 0 Å². The van der Waals surface area contributed by atoms with Crippen LogP contribution in [0.5, 0.6) is 0 Å². The maximum absolute atomic E-state index is 11.4. The van der Waals surface area contributed by atoms with Gasteiger partial charge in [0.2, 0.25) is 5.91 Å². The largest absolute Gasteiger partial charge is 0.355 e. The Kier molecular flexibility index (Phi) is 4.43. The molecule has 2 rings (SSSR count). The molecule has 0 radical (unpaired) electrons. The summed E-state index contributed by atoms with van der Waals surface area (Å²) in [5.41, 5.74) is 0. The Morgan fingerprint density at radius 3 is 2.29 bits per heavy atom. The third kappa shape index (κ3) is 3.70. The predicted octanol–water partition coefficient (Wildman–Crippen LogP) is 1.93. The third-order valence-electron chi connectivity index (χ3n) is 4.30. The SMILES string of the molecule is CC1CCCC(C)C1NCCNC(=O)C1CC1. The number of carbonyl (C=O) groups excluding carboxylic acids is 1. The highest BCUT2D eigenvalue weighted by Crippen LogP contribution is 2.29.